The van der Waals surface area contributed by atoms with Crippen LogP contribution in [0.3, 0.4) is 0 Å². The van der Waals surface area contributed by atoms with Crippen LogP contribution in [-0.2, 0) is 4.79 Å². The highest BCUT2D eigenvalue weighted by Gasteiger charge is 2.11. The predicted octanol–water partition coefficient (Wildman–Crippen LogP) is 3.24. The van der Waals surface area contributed by atoms with E-state index in [-0.39, 0.29) is 11.5 Å². The molecule has 0 aliphatic heterocycles. The zero-order valence-corrected chi connectivity index (χ0v) is 8.13. The fourth-order valence-electron chi connectivity index (χ4n) is 1.31. The Labute approximate surface area is 81.7 Å². The molecule has 3 heteroatoms. The fraction of sp³-hybridized carbons (Fsp3) is 0.364. The van der Waals surface area contributed by atoms with E-state index < -0.39 is 6.43 Å². The monoisotopic (exact) mass is 198 g/mol. The van der Waals surface area contributed by atoms with Gasteiger partial charge in [0.05, 0.1) is 0 Å². The Balaban J connectivity index is 3.13. The maximum atomic E-state index is 12.4. The number of benzene rings is 1. The van der Waals surface area contributed by atoms with Gasteiger partial charge in [-0.15, -0.1) is 0 Å². The highest BCUT2D eigenvalue weighted by Crippen LogP contribution is 2.24. The number of halogens is 2. The van der Waals surface area contributed by atoms with Gasteiger partial charge in [-0.1, -0.05) is 24.6 Å². The van der Waals surface area contributed by atoms with E-state index >= 15 is 0 Å². The molecule has 1 aromatic rings. The summed E-state index contributed by atoms with van der Waals surface area (Å²) in [4.78, 5) is 10.5. The Bertz CT molecular complexity index is 334. The minimum atomic E-state index is -2.48. The lowest BCUT2D eigenvalue weighted by molar-refractivity contribution is -0.108. The topological polar surface area (TPSA) is 17.1 Å². The summed E-state index contributed by atoms with van der Waals surface area (Å²) in [6, 6.07) is 4.58. The molecule has 1 nitrogen and oxygen atoms in total. The van der Waals surface area contributed by atoms with Gasteiger partial charge in [-0.3, -0.25) is 0 Å². The zero-order valence-electron chi connectivity index (χ0n) is 8.13. The quantitative estimate of drug-likeness (QED) is 0.681. The number of hydrogen-bond acceptors (Lipinski definition) is 1. The summed E-state index contributed by atoms with van der Waals surface area (Å²) in [6.07, 6.45) is -1.73. The van der Waals surface area contributed by atoms with Gasteiger partial charge in [-0.25, -0.2) is 8.78 Å². The van der Waals surface area contributed by atoms with Crippen molar-refractivity contribution in [3.63, 3.8) is 0 Å². The molecule has 0 spiro atoms. The average Bonchev–Trinajstić information content (AvgIpc) is 2.15. The summed E-state index contributed by atoms with van der Waals surface area (Å²) in [6.45, 7) is 3.43. The highest BCUT2D eigenvalue weighted by atomic mass is 19.3. The SMILES string of the molecule is Cc1cc(C(F)F)cc(C(C)C=O)c1. The molecule has 14 heavy (non-hydrogen) atoms. The van der Waals surface area contributed by atoms with Crippen molar-refractivity contribution in [1.29, 1.82) is 0 Å². The van der Waals surface area contributed by atoms with Gasteiger partial charge >= 0.3 is 0 Å². The van der Waals surface area contributed by atoms with Crippen molar-refractivity contribution in [1.82, 2.24) is 0 Å². The number of hydrogen-bond donors (Lipinski definition) is 0. The predicted molar refractivity (Wildman–Crippen MR) is 50.6 cm³/mol. The number of aryl methyl sites for hydroxylation is 1. The lowest BCUT2D eigenvalue weighted by Gasteiger charge is -2.08. The molecule has 0 aliphatic rings. The van der Waals surface area contributed by atoms with E-state index in [0.29, 0.717) is 5.56 Å². The molecule has 0 saturated heterocycles. The number of carbonyl (C=O) groups excluding carboxylic acids is 1. The third-order valence-corrected chi connectivity index (χ3v) is 2.10. The van der Waals surface area contributed by atoms with Crippen LogP contribution in [-0.4, -0.2) is 6.29 Å². The zero-order chi connectivity index (χ0) is 10.7. The number of alkyl halides is 2. The lowest BCUT2D eigenvalue weighted by atomic mass is 9.98. The highest BCUT2D eigenvalue weighted by molar-refractivity contribution is 5.61. The van der Waals surface area contributed by atoms with Crippen LogP contribution in [0.1, 0.15) is 36.0 Å². The van der Waals surface area contributed by atoms with Crippen molar-refractivity contribution < 1.29 is 13.6 Å². The molecule has 0 aliphatic carbocycles. The van der Waals surface area contributed by atoms with Crippen molar-refractivity contribution in [2.45, 2.75) is 26.2 Å². The van der Waals surface area contributed by atoms with Gasteiger partial charge in [0.2, 0.25) is 0 Å². The number of rotatable bonds is 3. The summed E-state index contributed by atoms with van der Waals surface area (Å²) in [5.74, 6) is -0.326. The van der Waals surface area contributed by atoms with Crippen LogP contribution in [0.15, 0.2) is 18.2 Å². The van der Waals surface area contributed by atoms with Crippen molar-refractivity contribution in [3.8, 4) is 0 Å². The first-order valence-electron chi connectivity index (χ1n) is 4.39. The second-order valence-electron chi connectivity index (χ2n) is 3.40. The second-order valence-corrected chi connectivity index (χ2v) is 3.40. The van der Waals surface area contributed by atoms with E-state index in [1.807, 2.05) is 0 Å². The molecule has 1 unspecified atom stereocenters. The van der Waals surface area contributed by atoms with Crippen molar-refractivity contribution >= 4 is 6.29 Å². The van der Waals surface area contributed by atoms with Gasteiger partial charge in [0.25, 0.3) is 6.43 Å². The Morgan fingerprint density at radius 3 is 2.29 bits per heavy atom. The number of aldehydes is 1. The first-order valence-corrected chi connectivity index (χ1v) is 4.39. The molecule has 0 aromatic heterocycles. The second kappa shape index (κ2) is 4.31. The van der Waals surface area contributed by atoms with Crippen molar-refractivity contribution in [2.24, 2.45) is 0 Å². The molecule has 76 valence electrons. The van der Waals surface area contributed by atoms with Crippen LogP contribution in [0.25, 0.3) is 0 Å². The summed E-state index contributed by atoms with van der Waals surface area (Å²) in [5, 5.41) is 0. The third kappa shape index (κ3) is 2.37. The Kier molecular flexibility index (Phi) is 3.33. The van der Waals surface area contributed by atoms with Crippen molar-refractivity contribution in [3.05, 3.63) is 34.9 Å². The maximum absolute atomic E-state index is 12.4. The first-order chi connectivity index (χ1) is 6.54. The summed E-state index contributed by atoms with van der Waals surface area (Å²) in [7, 11) is 0. The van der Waals surface area contributed by atoms with Gasteiger partial charge < -0.3 is 4.79 Å². The van der Waals surface area contributed by atoms with Crippen molar-refractivity contribution in [2.75, 3.05) is 0 Å². The normalized spacial score (nSPS) is 12.9. The molecule has 0 heterocycles. The van der Waals surface area contributed by atoms with Crippen LogP contribution in [0.2, 0.25) is 0 Å². The first kappa shape index (κ1) is 10.8. The van der Waals surface area contributed by atoms with E-state index in [9.17, 15) is 13.6 Å². The molecule has 1 aromatic carbocycles. The molecule has 0 saturated carbocycles. The molecular formula is C11H12F2O. The largest absolute Gasteiger partial charge is 0.303 e. The minimum absolute atomic E-state index is 0.0197. The maximum Gasteiger partial charge on any atom is 0.263 e. The van der Waals surface area contributed by atoms with Gasteiger partial charge in [0.1, 0.15) is 6.29 Å². The average molecular weight is 198 g/mol. The Morgan fingerprint density at radius 1 is 1.21 bits per heavy atom. The molecule has 0 N–H and O–H groups in total. The molecule has 1 atom stereocenters. The molecular weight excluding hydrogens is 186 g/mol. The standard InChI is InChI=1S/C11H12F2O/c1-7-3-9(8(2)6-14)5-10(4-7)11(12)13/h3-6,8,11H,1-2H3. The minimum Gasteiger partial charge on any atom is -0.303 e. The third-order valence-electron chi connectivity index (χ3n) is 2.10. The van der Waals surface area contributed by atoms with Crippen LogP contribution in [0.5, 0.6) is 0 Å². The molecule has 1 rings (SSSR count). The van der Waals surface area contributed by atoms with E-state index in [1.165, 1.54) is 12.1 Å². The Morgan fingerprint density at radius 2 is 1.79 bits per heavy atom. The fourth-order valence-corrected chi connectivity index (χ4v) is 1.31. The molecule has 0 fully saturated rings. The van der Waals surface area contributed by atoms with E-state index in [1.54, 1.807) is 19.9 Å². The van der Waals surface area contributed by atoms with E-state index in [4.69, 9.17) is 0 Å². The van der Waals surface area contributed by atoms with Crippen LogP contribution < -0.4 is 0 Å². The van der Waals surface area contributed by atoms with E-state index in [2.05, 4.69) is 0 Å². The Hall–Kier alpha value is -1.25. The van der Waals surface area contributed by atoms with Crippen LogP contribution >= 0.6 is 0 Å². The van der Waals surface area contributed by atoms with Crippen LogP contribution in [0, 0.1) is 6.92 Å². The van der Waals surface area contributed by atoms with Gasteiger partial charge in [-0.2, -0.15) is 0 Å². The van der Waals surface area contributed by atoms with Gasteiger partial charge in [-0.05, 0) is 18.6 Å². The van der Waals surface area contributed by atoms with Gasteiger partial charge in [0.15, 0.2) is 0 Å². The summed E-state index contributed by atoms with van der Waals surface area (Å²) < 4.78 is 24.8. The lowest BCUT2D eigenvalue weighted by Crippen LogP contribution is -1.97. The smallest absolute Gasteiger partial charge is 0.263 e. The summed E-state index contributed by atoms with van der Waals surface area (Å²) >= 11 is 0. The van der Waals surface area contributed by atoms with Gasteiger partial charge in [0, 0.05) is 11.5 Å². The number of carbonyl (C=O) groups is 1. The van der Waals surface area contributed by atoms with E-state index in [0.717, 1.165) is 11.8 Å². The molecule has 0 radical (unpaired) electrons. The molecule has 0 amide bonds. The van der Waals surface area contributed by atoms with Crippen LogP contribution in [0.4, 0.5) is 8.78 Å². The molecule has 0 bridgehead atoms. The summed E-state index contributed by atoms with van der Waals surface area (Å²) in [5.41, 5.74) is 1.38.